The monoisotopic (exact) mass is 254 g/mol. The third kappa shape index (κ3) is 1.70. The average Bonchev–Trinajstić information content (AvgIpc) is 2.67. The van der Waals surface area contributed by atoms with Gasteiger partial charge in [0.05, 0.1) is 5.56 Å². The van der Waals surface area contributed by atoms with Gasteiger partial charge >= 0.3 is 6.18 Å². The summed E-state index contributed by atoms with van der Waals surface area (Å²) >= 11 is 0. The van der Waals surface area contributed by atoms with Crippen molar-refractivity contribution in [2.75, 3.05) is 0 Å². The van der Waals surface area contributed by atoms with Crippen molar-refractivity contribution in [2.24, 2.45) is 5.73 Å². The summed E-state index contributed by atoms with van der Waals surface area (Å²) in [5.74, 6) is 0. The number of fused-ring (bicyclic) bond motifs is 3. The fourth-order valence-corrected chi connectivity index (χ4v) is 2.67. The van der Waals surface area contributed by atoms with Gasteiger partial charge in [0.15, 0.2) is 0 Å². The van der Waals surface area contributed by atoms with Crippen LogP contribution in [0.4, 0.5) is 13.2 Å². The molecule has 1 heterocycles. The fraction of sp³-hybridized carbons (Fsp3) is 0.385. The summed E-state index contributed by atoms with van der Waals surface area (Å²) in [6.45, 7) is 0. The van der Waals surface area contributed by atoms with E-state index in [4.69, 9.17) is 5.73 Å². The zero-order valence-corrected chi connectivity index (χ0v) is 9.64. The van der Waals surface area contributed by atoms with Crippen molar-refractivity contribution in [3.8, 4) is 0 Å². The zero-order chi connectivity index (χ0) is 12.9. The molecule has 1 aliphatic rings. The molecular weight excluding hydrogens is 241 g/mol. The molecule has 1 aliphatic carbocycles. The van der Waals surface area contributed by atoms with Gasteiger partial charge in [0.1, 0.15) is 0 Å². The topological polar surface area (TPSA) is 41.8 Å². The van der Waals surface area contributed by atoms with Crippen molar-refractivity contribution in [1.82, 2.24) is 4.98 Å². The van der Waals surface area contributed by atoms with Gasteiger partial charge in [-0.25, -0.2) is 0 Å². The number of nitrogens with one attached hydrogen (secondary N) is 1. The van der Waals surface area contributed by atoms with Gasteiger partial charge in [-0.2, -0.15) is 13.2 Å². The Balaban J connectivity index is 2.22. The SMILES string of the molecule is N[C@H]1CCCc2c1[nH]c1ccc(C(F)(F)F)cc21. The Morgan fingerprint density at radius 2 is 2.06 bits per heavy atom. The molecule has 18 heavy (non-hydrogen) atoms. The molecule has 0 bridgehead atoms. The van der Waals surface area contributed by atoms with E-state index in [-0.39, 0.29) is 6.04 Å². The molecule has 0 saturated carbocycles. The van der Waals surface area contributed by atoms with Crippen LogP contribution < -0.4 is 5.73 Å². The molecule has 2 aromatic rings. The summed E-state index contributed by atoms with van der Waals surface area (Å²) in [6, 6.07) is 3.73. The second-order valence-corrected chi connectivity index (χ2v) is 4.77. The number of hydrogen-bond acceptors (Lipinski definition) is 1. The van der Waals surface area contributed by atoms with Crippen LogP contribution in [0.2, 0.25) is 0 Å². The molecule has 3 rings (SSSR count). The Morgan fingerprint density at radius 1 is 1.28 bits per heavy atom. The van der Waals surface area contributed by atoms with Crippen LogP contribution in [-0.2, 0) is 12.6 Å². The molecule has 5 heteroatoms. The molecule has 3 N–H and O–H groups in total. The van der Waals surface area contributed by atoms with Crippen molar-refractivity contribution >= 4 is 10.9 Å². The lowest BCUT2D eigenvalue weighted by Crippen LogP contribution is -2.16. The van der Waals surface area contributed by atoms with E-state index in [0.717, 1.165) is 42.1 Å². The number of H-pyrrole nitrogens is 1. The number of rotatable bonds is 0. The first kappa shape index (κ1) is 11.6. The van der Waals surface area contributed by atoms with Crippen molar-refractivity contribution < 1.29 is 13.2 Å². The molecule has 2 nitrogen and oxygen atoms in total. The minimum Gasteiger partial charge on any atom is -0.357 e. The summed E-state index contributed by atoms with van der Waals surface area (Å²) in [7, 11) is 0. The van der Waals surface area contributed by atoms with Gasteiger partial charge in [-0.05, 0) is 43.0 Å². The Morgan fingerprint density at radius 3 is 2.78 bits per heavy atom. The summed E-state index contributed by atoms with van der Waals surface area (Å²) in [5.41, 5.74) is 7.97. The van der Waals surface area contributed by atoms with E-state index >= 15 is 0 Å². The second-order valence-electron chi connectivity index (χ2n) is 4.77. The molecule has 1 atom stereocenters. The maximum absolute atomic E-state index is 12.7. The molecule has 1 aromatic carbocycles. The molecule has 0 spiro atoms. The van der Waals surface area contributed by atoms with E-state index in [1.54, 1.807) is 0 Å². The Hall–Kier alpha value is -1.49. The minimum absolute atomic E-state index is 0.0875. The van der Waals surface area contributed by atoms with Gasteiger partial charge in [-0.3, -0.25) is 0 Å². The lowest BCUT2D eigenvalue weighted by atomic mass is 9.92. The molecule has 0 fully saturated rings. The highest BCUT2D eigenvalue weighted by atomic mass is 19.4. The van der Waals surface area contributed by atoms with Crippen molar-refractivity contribution in [3.05, 3.63) is 35.0 Å². The van der Waals surface area contributed by atoms with E-state index in [1.807, 2.05) is 0 Å². The maximum atomic E-state index is 12.7. The predicted molar refractivity (Wildman–Crippen MR) is 63.2 cm³/mol. The summed E-state index contributed by atoms with van der Waals surface area (Å²) in [5, 5.41) is 0.662. The van der Waals surface area contributed by atoms with Crippen molar-refractivity contribution in [1.29, 1.82) is 0 Å². The number of nitrogens with two attached hydrogens (primary N) is 1. The first-order valence-electron chi connectivity index (χ1n) is 5.94. The molecule has 0 radical (unpaired) electrons. The number of aromatic amines is 1. The predicted octanol–water partition coefficient (Wildman–Crippen LogP) is 3.52. The molecule has 0 unspecified atom stereocenters. The number of hydrogen-bond donors (Lipinski definition) is 2. The van der Waals surface area contributed by atoms with E-state index in [0.29, 0.717) is 5.39 Å². The molecule has 0 aliphatic heterocycles. The van der Waals surface area contributed by atoms with Gasteiger partial charge in [0.25, 0.3) is 0 Å². The highest BCUT2D eigenvalue weighted by Gasteiger charge is 2.31. The standard InChI is InChI=1S/C13H13F3N2/c14-13(15,16)7-4-5-11-9(6-7)8-2-1-3-10(17)12(8)18-11/h4-6,10,18H,1-3,17H2/t10-/m0/s1. The van der Waals surface area contributed by atoms with Gasteiger partial charge in [-0.15, -0.1) is 0 Å². The minimum atomic E-state index is -4.30. The number of benzene rings is 1. The third-order valence-corrected chi connectivity index (χ3v) is 3.58. The Bertz CT molecular complexity index is 598. The highest BCUT2D eigenvalue weighted by molar-refractivity contribution is 5.86. The average molecular weight is 254 g/mol. The maximum Gasteiger partial charge on any atom is 0.416 e. The lowest BCUT2D eigenvalue weighted by Gasteiger charge is -2.18. The number of halogens is 3. The van der Waals surface area contributed by atoms with Crippen molar-refractivity contribution in [3.63, 3.8) is 0 Å². The first-order valence-corrected chi connectivity index (χ1v) is 5.94. The van der Waals surface area contributed by atoms with Gasteiger partial charge in [-0.1, -0.05) is 0 Å². The molecule has 96 valence electrons. The van der Waals surface area contributed by atoms with Crippen LogP contribution in [0.5, 0.6) is 0 Å². The van der Waals surface area contributed by atoms with E-state index in [9.17, 15) is 13.2 Å². The van der Waals surface area contributed by atoms with Crippen molar-refractivity contribution in [2.45, 2.75) is 31.5 Å². The zero-order valence-electron chi connectivity index (χ0n) is 9.64. The van der Waals surface area contributed by atoms with Crippen LogP contribution in [0.15, 0.2) is 18.2 Å². The number of aryl methyl sites for hydroxylation is 1. The van der Waals surface area contributed by atoms with E-state index in [2.05, 4.69) is 4.98 Å². The quantitative estimate of drug-likeness (QED) is 0.742. The largest absolute Gasteiger partial charge is 0.416 e. The van der Waals surface area contributed by atoms with E-state index in [1.165, 1.54) is 12.1 Å². The van der Waals surface area contributed by atoms with Crippen LogP contribution in [0.3, 0.4) is 0 Å². The second kappa shape index (κ2) is 3.75. The lowest BCUT2D eigenvalue weighted by molar-refractivity contribution is -0.137. The van der Waals surface area contributed by atoms with Crippen LogP contribution in [0, 0.1) is 0 Å². The normalized spacial score (nSPS) is 20.1. The smallest absolute Gasteiger partial charge is 0.357 e. The number of alkyl halides is 3. The van der Waals surface area contributed by atoms with Crippen LogP contribution >= 0.6 is 0 Å². The first-order chi connectivity index (χ1) is 8.47. The summed E-state index contributed by atoms with van der Waals surface area (Å²) in [6.07, 6.45) is -1.69. The summed E-state index contributed by atoms with van der Waals surface area (Å²) < 4.78 is 38.1. The Kier molecular flexibility index (Phi) is 2.41. The third-order valence-electron chi connectivity index (χ3n) is 3.58. The van der Waals surface area contributed by atoms with Gasteiger partial charge in [0, 0.05) is 22.6 Å². The Labute approximate surface area is 102 Å². The van der Waals surface area contributed by atoms with Gasteiger partial charge in [0.2, 0.25) is 0 Å². The highest BCUT2D eigenvalue weighted by Crippen LogP contribution is 2.37. The molecule has 1 aromatic heterocycles. The van der Waals surface area contributed by atoms with Crippen LogP contribution in [0.25, 0.3) is 10.9 Å². The molecular formula is C13H13F3N2. The van der Waals surface area contributed by atoms with E-state index < -0.39 is 11.7 Å². The van der Waals surface area contributed by atoms with Crippen LogP contribution in [-0.4, -0.2) is 4.98 Å². The molecule has 0 amide bonds. The summed E-state index contributed by atoms with van der Waals surface area (Å²) in [4.78, 5) is 3.15. The number of aromatic nitrogens is 1. The fourth-order valence-electron chi connectivity index (χ4n) is 2.67. The molecule has 0 saturated heterocycles. The van der Waals surface area contributed by atoms with Crippen LogP contribution in [0.1, 0.15) is 35.7 Å². The van der Waals surface area contributed by atoms with Gasteiger partial charge < -0.3 is 10.7 Å².